The van der Waals surface area contributed by atoms with Crippen molar-refractivity contribution < 1.29 is 14.0 Å². The largest absolute Gasteiger partial charge is 0.328 e. The van der Waals surface area contributed by atoms with Crippen molar-refractivity contribution in [2.45, 2.75) is 31.8 Å². The van der Waals surface area contributed by atoms with E-state index in [1.165, 1.54) is 19.1 Å². The number of halogens is 1. The molecule has 2 aromatic rings. The number of rotatable bonds is 4. The first-order valence-corrected chi connectivity index (χ1v) is 10.3. The molecule has 2 aromatic carbocycles. The van der Waals surface area contributed by atoms with Crippen molar-refractivity contribution in [3.63, 3.8) is 0 Å². The topological polar surface area (TPSA) is 77.0 Å². The van der Waals surface area contributed by atoms with E-state index in [1.54, 1.807) is 24.1 Å². The Labute approximate surface area is 180 Å². The summed E-state index contributed by atoms with van der Waals surface area (Å²) in [5.74, 6) is 0.175. The minimum absolute atomic E-state index is 0.0926. The maximum Gasteiger partial charge on any atom is 0.328 e. The summed E-state index contributed by atoms with van der Waals surface area (Å²) in [5, 5.41) is 5.65. The number of carbonyl (C=O) groups excluding carboxylic acids is 2. The Hall–Kier alpha value is -3.26. The molecule has 7 nitrogen and oxygen atoms in total. The minimum atomic E-state index is -0.592. The Kier molecular flexibility index (Phi) is 5.73. The van der Waals surface area contributed by atoms with E-state index in [2.05, 4.69) is 20.5 Å². The van der Waals surface area contributed by atoms with Crippen LogP contribution in [0.15, 0.2) is 53.5 Å². The molecule has 0 radical (unpaired) electrons. The number of hydrogen-bond donors (Lipinski definition) is 2. The van der Waals surface area contributed by atoms with Crippen molar-refractivity contribution in [3.8, 4) is 0 Å². The Balaban J connectivity index is 1.49. The summed E-state index contributed by atoms with van der Waals surface area (Å²) in [6, 6.07) is 13.7. The van der Waals surface area contributed by atoms with E-state index < -0.39 is 5.54 Å². The van der Waals surface area contributed by atoms with E-state index in [9.17, 15) is 14.0 Å². The Morgan fingerprint density at radius 1 is 1.19 bits per heavy atom. The minimum Gasteiger partial charge on any atom is -0.326 e. The van der Waals surface area contributed by atoms with Crippen LogP contribution in [0.4, 0.5) is 20.6 Å². The highest BCUT2D eigenvalue weighted by Crippen LogP contribution is 2.38. The van der Waals surface area contributed by atoms with Gasteiger partial charge in [-0.25, -0.2) is 9.18 Å². The number of piperidine rings is 1. The number of nitrogens with one attached hydrogen (secondary N) is 2. The summed E-state index contributed by atoms with van der Waals surface area (Å²) < 4.78 is 13.9. The summed E-state index contributed by atoms with van der Waals surface area (Å²) in [6.07, 6.45) is 1.39. The van der Waals surface area contributed by atoms with Crippen LogP contribution in [0.1, 0.15) is 25.3 Å². The number of hydrogen-bond acceptors (Lipinski definition) is 4. The van der Waals surface area contributed by atoms with Crippen molar-refractivity contribution in [2.75, 3.05) is 30.4 Å². The first kappa shape index (κ1) is 21.0. The van der Waals surface area contributed by atoms with Gasteiger partial charge >= 0.3 is 6.03 Å². The third-order valence-electron chi connectivity index (χ3n) is 5.95. The molecule has 3 amide bonds. The second-order valence-corrected chi connectivity index (χ2v) is 8.00. The number of aliphatic imine (C=N–C) groups is 1. The number of nitrogens with zero attached hydrogens (tertiary/aromatic N) is 3. The number of amidine groups is 1. The van der Waals surface area contributed by atoms with Gasteiger partial charge in [-0.3, -0.25) is 24.9 Å². The summed E-state index contributed by atoms with van der Waals surface area (Å²) in [7, 11) is 1.68. The number of benzene rings is 2. The number of urea groups is 1. The van der Waals surface area contributed by atoms with E-state index in [4.69, 9.17) is 0 Å². The quantitative estimate of drug-likeness (QED) is 0.792. The molecule has 1 spiro atoms. The van der Waals surface area contributed by atoms with E-state index >= 15 is 0 Å². The first-order chi connectivity index (χ1) is 14.9. The van der Waals surface area contributed by atoms with Gasteiger partial charge in [0.25, 0.3) is 0 Å². The molecule has 0 aromatic heterocycles. The standard InChI is InChI=1S/C23H26FN5O2/c1-16(30)26-19-8-6-17(7-9-19)15-28-12-10-23(11-13-28)21(25-2)27-22(31)29(23)20-5-3-4-18(24)14-20/h3-9,14H,10-13,15H2,1-2H3,(H,26,30)(H,25,27,31). The molecule has 0 unspecified atom stereocenters. The average Bonchev–Trinajstić information content (AvgIpc) is 3.01. The highest BCUT2D eigenvalue weighted by molar-refractivity contribution is 6.19. The molecule has 2 N–H and O–H groups in total. The van der Waals surface area contributed by atoms with Gasteiger partial charge in [-0.05, 0) is 48.7 Å². The zero-order valence-corrected chi connectivity index (χ0v) is 17.7. The molecule has 2 heterocycles. The maximum atomic E-state index is 13.9. The molecule has 4 rings (SSSR count). The number of likely N-dealkylation sites (tertiary alicyclic amines) is 1. The molecule has 2 aliphatic heterocycles. The molecule has 2 saturated heterocycles. The molecule has 31 heavy (non-hydrogen) atoms. The predicted molar refractivity (Wildman–Crippen MR) is 119 cm³/mol. The van der Waals surface area contributed by atoms with Gasteiger partial charge in [0.15, 0.2) is 0 Å². The number of anilines is 2. The Morgan fingerprint density at radius 3 is 2.52 bits per heavy atom. The average molecular weight is 423 g/mol. The lowest BCUT2D eigenvalue weighted by molar-refractivity contribution is -0.114. The van der Waals surface area contributed by atoms with Crippen molar-refractivity contribution in [1.82, 2.24) is 10.2 Å². The molecule has 0 atom stereocenters. The van der Waals surface area contributed by atoms with Gasteiger partial charge in [-0.15, -0.1) is 0 Å². The monoisotopic (exact) mass is 423 g/mol. The van der Waals surface area contributed by atoms with Crippen molar-refractivity contribution in [2.24, 2.45) is 4.99 Å². The SMILES string of the molecule is CN=C1NC(=O)N(c2cccc(F)c2)C12CCN(Cc1ccc(NC(C)=O)cc1)CC2. The zero-order valence-electron chi connectivity index (χ0n) is 17.7. The van der Waals surface area contributed by atoms with Gasteiger partial charge < -0.3 is 5.32 Å². The van der Waals surface area contributed by atoms with Gasteiger partial charge in [-0.1, -0.05) is 18.2 Å². The van der Waals surface area contributed by atoms with Crippen LogP contribution in [0.3, 0.4) is 0 Å². The van der Waals surface area contributed by atoms with Crippen LogP contribution in [0.5, 0.6) is 0 Å². The van der Waals surface area contributed by atoms with Crippen LogP contribution in [0.2, 0.25) is 0 Å². The van der Waals surface area contributed by atoms with E-state index in [0.717, 1.165) is 30.9 Å². The van der Waals surface area contributed by atoms with Crippen LogP contribution in [-0.2, 0) is 11.3 Å². The third-order valence-corrected chi connectivity index (χ3v) is 5.95. The normalized spacial score (nSPS) is 19.6. The summed E-state index contributed by atoms with van der Waals surface area (Å²) in [6.45, 7) is 3.80. The molecule has 0 aliphatic carbocycles. The summed E-state index contributed by atoms with van der Waals surface area (Å²) in [4.78, 5) is 32.3. The molecular weight excluding hydrogens is 397 g/mol. The number of carbonyl (C=O) groups is 2. The molecule has 8 heteroatoms. The summed E-state index contributed by atoms with van der Waals surface area (Å²) in [5.41, 5.74) is 1.87. The fourth-order valence-electron chi connectivity index (χ4n) is 4.51. The molecular formula is C23H26FN5O2. The van der Waals surface area contributed by atoms with Crippen molar-refractivity contribution >= 4 is 29.1 Å². The van der Waals surface area contributed by atoms with Crippen LogP contribution >= 0.6 is 0 Å². The van der Waals surface area contributed by atoms with Gasteiger partial charge in [0, 0.05) is 45.0 Å². The van der Waals surface area contributed by atoms with Crippen LogP contribution in [0.25, 0.3) is 0 Å². The molecule has 0 saturated carbocycles. The van der Waals surface area contributed by atoms with Crippen LogP contribution in [-0.4, -0.2) is 48.3 Å². The second-order valence-electron chi connectivity index (χ2n) is 8.00. The fourth-order valence-corrected chi connectivity index (χ4v) is 4.51. The van der Waals surface area contributed by atoms with Crippen LogP contribution in [0, 0.1) is 5.82 Å². The van der Waals surface area contributed by atoms with E-state index in [-0.39, 0.29) is 17.8 Å². The molecule has 0 bridgehead atoms. The van der Waals surface area contributed by atoms with Gasteiger partial charge in [0.05, 0.1) is 0 Å². The lowest BCUT2D eigenvalue weighted by atomic mass is 9.85. The predicted octanol–water partition coefficient (Wildman–Crippen LogP) is 3.38. The van der Waals surface area contributed by atoms with Gasteiger partial charge in [-0.2, -0.15) is 0 Å². The maximum absolute atomic E-state index is 13.9. The highest BCUT2D eigenvalue weighted by Gasteiger charge is 2.52. The number of amides is 3. The lowest BCUT2D eigenvalue weighted by Crippen LogP contribution is -2.56. The van der Waals surface area contributed by atoms with Crippen molar-refractivity contribution in [3.05, 3.63) is 59.9 Å². The van der Waals surface area contributed by atoms with Gasteiger partial charge in [0.2, 0.25) is 5.91 Å². The molecule has 2 fully saturated rings. The smallest absolute Gasteiger partial charge is 0.326 e. The summed E-state index contributed by atoms with van der Waals surface area (Å²) >= 11 is 0. The Morgan fingerprint density at radius 2 is 1.90 bits per heavy atom. The fraction of sp³-hybridized carbons (Fsp3) is 0.348. The molecule has 162 valence electrons. The second kappa shape index (κ2) is 8.47. The highest BCUT2D eigenvalue weighted by atomic mass is 19.1. The van der Waals surface area contributed by atoms with E-state index in [1.807, 2.05) is 24.3 Å². The zero-order chi connectivity index (χ0) is 22.0. The van der Waals surface area contributed by atoms with Crippen LogP contribution < -0.4 is 15.5 Å². The van der Waals surface area contributed by atoms with Gasteiger partial charge in [0.1, 0.15) is 17.2 Å². The third kappa shape index (κ3) is 4.16. The Bertz CT molecular complexity index is 1010. The first-order valence-electron chi connectivity index (χ1n) is 10.3. The lowest BCUT2D eigenvalue weighted by Gasteiger charge is -2.43. The van der Waals surface area contributed by atoms with Crippen molar-refractivity contribution in [1.29, 1.82) is 0 Å². The molecule has 2 aliphatic rings. The van der Waals surface area contributed by atoms with E-state index in [0.29, 0.717) is 24.4 Å².